The van der Waals surface area contributed by atoms with E-state index in [1.54, 1.807) is 24.3 Å². The van der Waals surface area contributed by atoms with Gasteiger partial charge in [0, 0.05) is 22.2 Å². The number of nitrogens with one attached hydrogen (secondary N) is 1. The summed E-state index contributed by atoms with van der Waals surface area (Å²) in [7, 11) is 0. The smallest absolute Gasteiger partial charge is 0.305 e. The lowest BCUT2D eigenvalue weighted by Crippen LogP contribution is -2.39. The SMILES string of the molecule is CC(C)C(CC(=O)O)NC(=O)/C=C/c1ccc(Cl)cc1Cl. The maximum absolute atomic E-state index is 11.8. The summed E-state index contributed by atoms with van der Waals surface area (Å²) in [5.74, 6) is -1.28. The van der Waals surface area contributed by atoms with Gasteiger partial charge in [-0.1, -0.05) is 43.1 Å². The molecular formula is C15H17Cl2NO3. The Bertz CT molecular complexity index is 556. The van der Waals surface area contributed by atoms with Gasteiger partial charge in [0.25, 0.3) is 0 Å². The quantitative estimate of drug-likeness (QED) is 0.783. The highest BCUT2D eigenvalue weighted by atomic mass is 35.5. The van der Waals surface area contributed by atoms with Crippen LogP contribution < -0.4 is 5.32 Å². The van der Waals surface area contributed by atoms with E-state index < -0.39 is 12.0 Å². The standard InChI is InChI=1S/C15H17Cl2NO3/c1-9(2)13(8-15(20)21)18-14(19)6-4-10-3-5-11(16)7-12(10)17/h3-7,9,13H,8H2,1-2H3,(H,18,19)(H,20,21)/b6-4+. The van der Waals surface area contributed by atoms with E-state index in [0.717, 1.165) is 0 Å². The molecule has 21 heavy (non-hydrogen) atoms. The van der Waals surface area contributed by atoms with Gasteiger partial charge >= 0.3 is 5.97 Å². The van der Waals surface area contributed by atoms with Crippen LogP contribution in [0.4, 0.5) is 0 Å². The van der Waals surface area contributed by atoms with Crippen LogP contribution in [0.1, 0.15) is 25.8 Å². The number of hydrogen-bond donors (Lipinski definition) is 2. The van der Waals surface area contributed by atoms with Crippen molar-refractivity contribution in [3.05, 3.63) is 39.9 Å². The highest BCUT2D eigenvalue weighted by Crippen LogP contribution is 2.21. The number of carboxylic acids is 1. The van der Waals surface area contributed by atoms with Crippen LogP contribution in [0.5, 0.6) is 0 Å². The third-order valence-electron chi connectivity index (χ3n) is 2.90. The first-order chi connectivity index (χ1) is 9.79. The number of hydrogen-bond acceptors (Lipinski definition) is 2. The molecule has 1 aromatic rings. The van der Waals surface area contributed by atoms with Gasteiger partial charge in [0.05, 0.1) is 6.42 Å². The molecule has 0 aliphatic heterocycles. The molecule has 0 saturated heterocycles. The zero-order valence-corrected chi connectivity index (χ0v) is 13.3. The minimum absolute atomic E-state index is 0.0255. The number of benzene rings is 1. The second-order valence-electron chi connectivity index (χ2n) is 4.96. The number of carbonyl (C=O) groups excluding carboxylic acids is 1. The van der Waals surface area contributed by atoms with Crippen molar-refractivity contribution in [2.24, 2.45) is 5.92 Å². The molecule has 0 aliphatic rings. The largest absolute Gasteiger partial charge is 0.481 e. The van der Waals surface area contributed by atoms with Crippen molar-refractivity contribution in [1.29, 1.82) is 0 Å². The zero-order valence-electron chi connectivity index (χ0n) is 11.8. The van der Waals surface area contributed by atoms with Gasteiger partial charge in [-0.2, -0.15) is 0 Å². The van der Waals surface area contributed by atoms with Gasteiger partial charge in [-0.3, -0.25) is 9.59 Å². The fourth-order valence-electron chi connectivity index (χ4n) is 1.67. The summed E-state index contributed by atoms with van der Waals surface area (Å²) in [6.07, 6.45) is 2.78. The molecule has 1 atom stereocenters. The molecule has 114 valence electrons. The molecule has 4 nitrogen and oxygen atoms in total. The van der Waals surface area contributed by atoms with Crippen molar-refractivity contribution in [3.8, 4) is 0 Å². The minimum atomic E-state index is -0.946. The van der Waals surface area contributed by atoms with Crippen LogP contribution in [-0.4, -0.2) is 23.0 Å². The van der Waals surface area contributed by atoms with Crippen LogP contribution in [-0.2, 0) is 9.59 Å². The zero-order chi connectivity index (χ0) is 16.0. The van der Waals surface area contributed by atoms with Crippen molar-refractivity contribution < 1.29 is 14.7 Å². The van der Waals surface area contributed by atoms with Crippen molar-refractivity contribution in [3.63, 3.8) is 0 Å². The molecule has 1 aromatic carbocycles. The lowest BCUT2D eigenvalue weighted by molar-refractivity contribution is -0.138. The Morgan fingerprint density at radius 3 is 2.52 bits per heavy atom. The summed E-state index contributed by atoms with van der Waals surface area (Å²) in [4.78, 5) is 22.6. The van der Waals surface area contributed by atoms with Crippen LogP contribution in [0, 0.1) is 5.92 Å². The Hall–Kier alpha value is -1.52. The highest BCUT2D eigenvalue weighted by molar-refractivity contribution is 6.35. The molecule has 1 amide bonds. The molecule has 2 N–H and O–H groups in total. The topological polar surface area (TPSA) is 66.4 Å². The van der Waals surface area contributed by atoms with Gasteiger partial charge in [0.1, 0.15) is 0 Å². The van der Waals surface area contributed by atoms with Gasteiger partial charge in [-0.25, -0.2) is 0 Å². The number of carbonyl (C=O) groups is 2. The van der Waals surface area contributed by atoms with E-state index in [2.05, 4.69) is 5.32 Å². The molecule has 0 aliphatic carbocycles. The molecule has 1 rings (SSSR count). The van der Waals surface area contributed by atoms with E-state index in [1.165, 1.54) is 6.08 Å². The van der Waals surface area contributed by atoms with E-state index in [0.29, 0.717) is 15.6 Å². The molecule has 0 spiro atoms. The normalized spacial score (nSPS) is 12.6. The molecular weight excluding hydrogens is 313 g/mol. The molecule has 0 heterocycles. The monoisotopic (exact) mass is 329 g/mol. The second kappa shape index (κ2) is 8.05. The first-order valence-electron chi connectivity index (χ1n) is 6.45. The summed E-state index contributed by atoms with van der Waals surface area (Å²) >= 11 is 11.8. The fraction of sp³-hybridized carbons (Fsp3) is 0.333. The van der Waals surface area contributed by atoms with Gasteiger partial charge in [-0.05, 0) is 29.7 Å². The van der Waals surface area contributed by atoms with Crippen LogP contribution in [0.25, 0.3) is 6.08 Å². The van der Waals surface area contributed by atoms with Gasteiger partial charge in [-0.15, -0.1) is 0 Å². The predicted octanol–water partition coefficient (Wildman–Crippen LogP) is 3.62. The molecule has 0 fully saturated rings. The number of halogens is 2. The first kappa shape index (κ1) is 17.5. The molecule has 0 saturated carbocycles. The van der Waals surface area contributed by atoms with Crippen LogP contribution >= 0.6 is 23.2 Å². The summed E-state index contributed by atoms with van der Waals surface area (Å²) in [5, 5.41) is 12.4. The molecule has 0 radical (unpaired) electrons. The molecule has 6 heteroatoms. The lowest BCUT2D eigenvalue weighted by atomic mass is 10.0. The lowest BCUT2D eigenvalue weighted by Gasteiger charge is -2.19. The van der Waals surface area contributed by atoms with E-state index in [9.17, 15) is 9.59 Å². The predicted molar refractivity (Wildman–Crippen MR) is 84.5 cm³/mol. The van der Waals surface area contributed by atoms with Gasteiger partial charge in [0.15, 0.2) is 0 Å². The van der Waals surface area contributed by atoms with Crippen molar-refractivity contribution >= 4 is 41.2 Å². The average molecular weight is 330 g/mol. The Labute approximate surface area is 133 Å². The van der Waals surface area contributed by atoms with Gasteiger partial charge < -0.3 is 10.4 Å². The van der Waals surface area contributed by atoms with Crippen molar-refractivity contribution in [2.75, 3.05) is 0 Å². The van der Waals surface area contributed by atoms with E-state index in [1.807, 2.05) is 13.8 Å². The third-order valence-corrected chi connectivity index (χ3v) is 3.47. The van der Waals surface area contributed by atoms with Crippen LogP contribution in [0.15, 0.2) is 24.3 Å². The van der Waals surface area contributed by atoms with E-state index >= 15 is 0 Å². The fourth-order valence-corrected chi connectivity index (χ4v) is 2.15. The highest BCUT2D eigenvalue weighted by Gasteiger charge is 2.18. The summed E-state index contributed by atoms with van der Waals surface area (Å²) in [6, 6.07) is 4.54. The van der Waals surface area contributed by atoms with Gasteiger partial charge in [0.2, 0.25) is 5.91 Å². The summed E-state index contributed by atoms with van der Waals surface area (Å²) in [5.41, 5.74) is 0.663. The molecule has 0 bridgehead atoms. The second-order valence-corrected chi connectivity index (χ2v) is 5.80. The number of rotatable bonds is 6. The average Bonchev–Trinajstić information content (AvgIpc) is 2.36. The van der Waals surface area contributed by atoms with Crippen LogP contribution in [0.3, 0.4) is 0 Å². The minimum Gasteiger partial charge on any atom is -0.481 e. The van der Waals surface area contributed by atoms with Crippen molar-refractivity contribution in [2.45, 2.75) is 26.3 Å². The Morgan fingerprint density at radius 1 is 1.33 bits per heavy atom. The summed E-state index contributed by atoms with van der Waals surface area (Å²) in [6.45, 7) is 3.71. The maximum Gasteiger partial charge on any atom is 0.305 e. The number of amides is 1. The van der Waals surface area contributed by atoms with E-state index in [-0.39, 0.29) is 18.2 Å². The Balaban J connectivity index is 2.71. The van der Waals surface area contributed by atoms with E-state index in [4.69, 9.17) is 28.3 Å². The number of carboxylic acid groups (broad SMARTS) is 1. The third kappa shape index (κ3) is 6.19. The maximum atomic E-state index is 11.8. The van der Waals surface area contributed by atoms with Crippen LogP contribution in [0.2, 0.25) is 10.0 Å². The number of aliphatic carboxylic acids is 1. The molecule has 1 unspecified atom stereocenters. The summed E-state index contributed by atoms with van der Waals surface area (Å²) < 4.78 is 0. The Morgan fingerprint density at radius 2 is 2.00 bits per heavy atom. The molecule has 0 aromatic heterocycles. The Kier molecular flexibility index (Phi) is 6.72. The first-order valence-corrected chi connectivity index (χ1v) is 7.20. The van der Waals surface area contributed by atoms with Crippen molar-refractivity contribution in [1.82, 2.24) is 5.32 Å².